The highest BCUT2D eigenvalue weighted by molar-refractivity contribution is 6.25. The molecule has 58 heavy (non-hydrogen) atoms. The van der Waals surface area contributed by atoms with Crippen LogP contribution >= 0.6 is 0 Å². The van der Waals surface area contributed by atoms with Crippen LogP contribution < -0.4 is 0 Å². The molecule has 1 heterocycles. The van der Waals surface area contributed by atoms with Crippen molar-refractivity contribution in [3.8, 4) is 67.5 Å². The van der Waals surface area contributed by atoms with Gasteiger partial charge in [-0.25, -0.2) is 15.0 Å². The quantitative estimate of drug-likeness (QED) is 0.160. The largest absolute Gasteiger partial charge is 0.208 e. The molecule has 0 N–H and O–H groups in total. The maximum atomic E-state index is 4.98. The van der Waals surface area contributed by atoms with Crippen molar-refractivity contribution in [2.75, 3.05) is 0 Å². The predicted molar refractivity (Wildman–Crippen MR) is 242 cm³/mol. The van der Waals surface area contributed by atoms with Crippen molar-refractivity contribution in [3.63, 3.8) is 0 Å². The fraction of sp³-hybridized carbons (Fsp3) is 0. The van der Waals surface area contributed by atoms with Crippen LogP contribution in [-0.4, -0.2) is 15.0 Å². The van der Waals surface area contributed by atoms with Gasteiger partial charge in [0, 0.05) is 16.7 Å². The third-order valence-corrected chi connectivity index (χ3v) is 11.3. The fourth-order valence-electron chi connectivity index (χ4n) is 8.55. The van der Waals surface area contributed by atoms with E-state index in [0.717, 1.165) is 22.3 Å². The highest BCUT2D eigenvalue weighted by Crippen LogP contribution is 2.44. The second-order valence-corrected chi connectivity index (χ2v) is 14.7. The van der Waals surface area contributed by atoms with Gasteiger partial charge in [-0.3, -0.25) is 0 Å². The minimum Gasteiger partial charge on any atom is -0.208 e. The molecule has 0 amide bonds. The first-order valence-corrected chi connectivity index (χ1v) is 19.7. The molecule has 11 aromatic rings. The van der Waals surface area contributed by atoms with Crippen LogP contribution in [-0.2, 0) is 0 Å². The number of benzene rings is 10. The van der Waals surface area contributed by atoms with Crippen LogP contribution in [0.15, 0.2) is 212 Å². The summed E-state index contributed by atoms with van der Waals surface area (Å²) < 4.78 is 0. The smallest absolute Gasteiger partial charge is 0.164 e. The lowest BCUT2D eigenvalue weighted by Gasteiger charge is -2.18. The second-order valence-electron chi connectivity index (χ2n) is 14.7. The van der Waals surface area contributed by atoms with E-state index in [2.05, 4.69) is 152 Å². The number of nitrogens with zero attached hydrogens (tertiary/aromatic N) is 3. The Morgan fingerprint density at radius 1 is 0.190 bits per heavy atom. The molecule has 3 nitrogen and oxygen atoms in total. The molecule has 0 spiro atoms. The van der Waals surface area contributed by atoms with E-state index in [1.807, 2.05) is 60.7 Å². The highest BCUT2D eigenvalue weighted by atomic mass is 15.0. The van der Waals surface area contributed by atoms with Crippen molar-refractivity contribution in [2.24, 2.45) is 0 Å². The summed E-state index contributed by atoms with van der Waals surface area (Å²) in [5, 5.41) is 9.90. The summed E-state index contributed by atoms with van der Waals surface area (Å²) in [5.74, 6) is 1.95. The van der Waals surface area contributed by atoms with Crippen LogP contribution in [0.1, 0.15) is 0 Å². The average molecular weight is 738 g/mol. The van der Waals surface area contributed by atoms with Crippen LogP contribution in [0.2, 0.25) is 0 Å². The zero-order valence-electron chi connectivity index (χ0n) is 31.5. The minimum absolute atomic E-state index is 0.644. The van der Waals surface area contributed by atoms with Crippen LogP contribution in [0.3, 0.4) is 0 Å². The number of aromatic nitrogens is 3. The molecule has 0 saturated heterocycles. The fourth-order valence-corrected chi connectivity index (χ4v) is 8.55. The Balaban J connectivity index is 1.07. The summed E-state index contributed by atoms with van der Waals surface area (Å²) in [6.07, 6.45) is 0. The van der Waals surface area contributed by atoms with Crippen LogP contribution in [0.25, 0.3) is 111 Å². The van der Waals surface area contributed by atoms with Gasteiger partial charge in [0.2, 0.25) is 0 Å². The molecule has 0 atom stereocenters. The van der Waals surface area contributed by atoms with Crippen LogP contribution in [0.4, 0.5) is 0 Å². The summed E-state index contributed by atoms with van der Waals surface area (Å²) in [5.41, 5.74) is 10.1. The Labute approximate surface area is 336 Å². The molecule has 11 rings (SSSR count). The topological polar surface area (TPSA) is 38.7 Å². The Kier molecular flexibility index (Phi) is 8.15. The summed E-state index contributed by atoms with van der Waals surface area (Å²) >= 11 is 0. The lowest BCUT2D eigenvalue weighted by atomic mass is 9.86. The Hall–Kier alpha value is -7.75. The third-order valence-electron chi connectivity index (χ3n) is 11.3. The summed E-state index contributed by atoms with van der Waals surface area (Å²) in [6, 6.07) is 75.5. The SMILES string of the molecule is c1ccc(-c2nc(-c3ccccc3)nc(-c3ccc(-c4cc5c6ccccc6c(-c6ccc(-c7ccccc7)c7ccccc67)cc5c5ccccc45)cc3)n2)cc1. The molecule has 0 aliphatic rings. The summed E-state index contributed by atoms with van der Waals surface area (Å²) in [6.45, 7) is 0. The molecule has 0 aliphatic carbocycles. The zero-order valence-corrected chi connectivity index (χ0v) is 31.5. The van der Waals surface area contributed by atoms with Gasteiger partial charge in [-0.05, 0) is 88.6 Å². The monoisotopic (exact) mass is 737 g/mol. The van der Waals surface area contributed by atoms with Crippen molar-refractivity contribution in [2.45, 2.75) is 0 Å². The van der Waals surface area contributed by atoms with Crippen molar-refractivity contribution >= 4 is 43.1 Å². The van der Waals surface area contributed by atoms with E-state index >= 15 is 0 Å². The number of hydrogen-bond acceptors (Lipinski definition) is 3. The molecule has 0 fully saturated rings. The summed E-state index contributed by atoms with van der Waals surface area (Å²) in [7, 11) is 0. The first-order chi connectivity index (χ1) is 28.8. The highest BCUT2D eigenvalue weighted by Gasteiger charge is 2.18. The maximum Gasteiger partial charge on any atom is 0.164 e. The molecule has 10 aromatic carbocycles. The van der Waals surface area contributed by atoms with Gasteiger partial charge in [-0.15, -0.1) is 0 Å². The molecule has 0 unspecified atom stereocenters. The van der Waals surface area contributed by atoms with E-state index in [0.29, 0.717) is 17.5 Å². The van der Waals surface area contributed by atoms with E-state index in [9.17, 15) is 0 Å². The number of fused-ring (bicyclic) bond motifs is 6. The molecule has 0 radical (unpaired) electrons. The molecule has 0 aliphatic heterocycles. The van der Waals surface area contributed by atoms with Gasteiger partial charge in [0.25, 0.3) is 0 Å². The Morgan fingerprint density at radius 3 is 1.00 bits per heavy atom. The lowest BCUT2D eigenvalue weighted by molar-refractivity contribution is 1.07. The van der Waals surface area contributed by atoms with Crippen LogP contribution in [0.5, 0.6) is 0 Å². The van der Waals surface area contributed by atoms with Crippen molar-refractivity contribution in [1.82, 2.24) is 15.0 Å². The van der Waals surface area contributed by atoms with Gasteiger partial charge < -0.3 is 0 Å². The molecular weight excluding hydrogens is 703 g/mol. The molecule has 1 aromatic heterocycles. The van der Waals surface area contributed by atoms with E-state index in [4.69, 9.17) is 15.0 Å². The van der Waals surface area contributed by atoms with E-state index < -0.39 is 0 Å². The van der Waals surface area contributed by atoms with Gasteiger partial charge in [0.1, 0.15) is 0 Å². The van der Waals surface area contributed by atoms with Gasteiger partial charge in [0.05, 0.1) is 0 Å². The van der Waals surface area contributed by atoms with Crippen LogP contribution in [0, 0.1) is 0 Å². The van der Waals surface area contributed by atoms with E-state index in [-0.39, 0.29) is 0 Å². The Morgan fingerprint density at radius 2 is 0.500 bits per heavy atom. The maximum absolute atomic E-state index is 4.98. The third kappa shape index (κ3) is 5.80. The number of rotatable bonds is 6. The molecule has 270 valence electrons. The van der Waals surface area contributed by atoms with E-state index in [1.165, 1.54) is 70.9 Å². The number of hydrogen-bond donors (Lipinski definition) is 0. The standard InChI is InChI=1S/C55H35N3/c1-4-16-36(17-5-1)41-32-33-48(43-23-11-10-22-42(41)43)50-35-52-45-25-13-12-24-44(45)49(34-51(52)47-27-15-14-26-46(47)50)37-28-30-40(31-29-37)55-57-53(38-18-6-2-7-19-38)56-54(58-55)39-20-8-3-9-21-39/h1-35H. The van der Waals surface area contributed by atoms with Gasteiger partial charge >= 0.3 is 0 Å². The lowest BCUT2D eigenvalue weighted by Crippen LogP contribution is -2.00. The zero-order chi connectivity index (χ0) is 38.4. The first-order valence-electron chi connectivity index (χ1n) is 19.7. The van der Waals surface area contributed by atoms with Gasteiger partial charge in [-0.1, -0.05) is 200 Å². The summed E-state index contributed by atoms with van der Waals surface area (Å²) in [4.78, 5) is 14.8. The molecule has 0 bridgehead atoms. The van der Waals surface area contributed by atoms with E-state index in [1.54, 1.807) is 0 Å². The van der Waals surface area contributed by atoms with Gasteiger partial charge in [-0.2, -0.15) is 0 Å². The minimum atomic E-state index is 0.644. The Bertz CT molecular complexity index is 3250. The normalized spacial score (nSPS) is 11.4. The first kappa shape index (κ1) is 33.6. The second kappa shape index (κ2) is 14.1. The van der Waals surface area contributed by atoms with Crippen molar-refractivity contribution in [1.29, 1.82) is 0 Å². The molecule has 0 saturated carbocycles. The van der Waals surface area contributed by atoms with Crippen molar-refractivity contribution < 1.29 is 0 Å². The molecule has 3 heteroatoms. The van der Waals surface area contributed by atoms with Gasteiger partial charge in [0.15, 0.2) is 17.5 Å². The average Bonchev–Trinajstić information content (AvgIpc) is 3.31. The molecular formula is C55H35N3. The van der Waals surface area contributed by atoms with Crippen molar-refractivity contribution in [3.05, 3.63) is 212 Å². The predicted octanol–water partition coefficient (Wildman–Crippen LogP) is 14.5.